The van der Waals surface area contributed by atoms with E-state index in [1.165, 1.54) is 31.2 Å². The lowest BCUT2D eigenvalue weighted by molar-refractivity contribution is -0.0643. The summed E-state index contributed by atoms with van der Waals surface area (Å²) in [6, 6.07) is 12.1. The number of rotatable bonds is 3. The first-order chi connectivity index (χ1) is 12.8. The Bertz CT molecular complexity index is 673. The Labute approximate surface area is 157 Å². The Morgan fingerprint density at radius 2 is 1.62 bits per heavy atom. The minimum atomic E-state index is 0.491. The largest absolute Gasteiger partial charge is 0.378 e. The molecule has 0 aromatic heterocycles. The Hall–Kier alpha value is -1.12. The predicted octanol–water partition coefficient (Wildman–Crippen LogP) is 4.80. The molecule has 2 heterocycles. The van der Waals surface area contributed by atoms with Gasteiger partial charge in [-0.1, -0.05) is 42.0 Å². The van der Waals surface area contributed by atoms with Crippen LogP contribution in [0.3, 0.4) is 0 Å². The molecule has 0 radical (unpaired) electrons. The molecule has 4 saturated carbocycles. The molecule has 2 nitrogen and oxygen atoms in total. The number of ether oxygens (including phenoxy) is 1. The van der Waals surface area contributed by atoms with Crippen LogP contribution in [-0.4, -0.2) is 30.2 Å². The molecule has 1 saturated heterocycles. The van der Waals surface area contributed by atoms with Crippen molar-refractivity contribution in [2.75, 3.05) is 13.2 Å². The number of fused-ring (bicyclic) bond motifs is 2. The predicted molar refractivity (Wildman–Crippen MR) is 104 cm³/mol. The molecule has 1 aromatic carbocycles. The van der Waals surface area contributed by atoms with Crippen molar-refractivity contribution in [2.24, 2.45) is 23.2 Å². The Balaban J connectivity index is 1.29. The molecular formula is C24H31NO. The molecule has 1 aromatic rings. The number of hydrogen-bond donors (Lipinski definition) is 0. The zero-order valence-corrected chi connectivity index (χ0v) is 15.8. The highest BCUT2D eigenvalue weighted by atomic mass is 16.5. The first-order valence-corrected chi connectivity index (χ1v) is 10.9. The second kappa shape index (κ2) is 5.94. The molecule has 5 fully saturated rings. The number of hydrogen-bond acceptors (Lipinski definition) is 2. The summed E-state index contributed by atoms with van der Waals surface area (Å²) < 4.78 is 5.99. The van der Waals surface area contributed by atoms with E-state index < -0.39 is 0 Å². The summed E-state index contributed by atoms with van der Waals surface area (Å²) in [7, 11) is 0. The van der Waals surface area contributed by atoms with E-state index >= 15 is 0 Å². The fourth-order valence-corrected chi connectivity index (χ4v) is 7.60. The third kappa shape index (κ3) is 2.52. The average Bonchev–Trinajstić information content (AvgIpc) is 2.61. The standard InChI is InChI=1S/C24H31NO/c1-2-4-17(5-3-1)14-25-22-9-21(10-23(25)16-26-15-22)24-11-18-6-19(12-24)8-20(7-18)13-24/h1-5,9,18-20,22-23H,6-8,10-16H2. The molecule has 0 amide bonds. The van der Waals surface area contributed by atoms with E-state index in [2.05, 4.69) is 41.3 Å². The monoisotopic (exact) mass is 349 g/mol. The van der Waals surface area contributed by atoms with Crippen molar-refractivity contribution < 1.29 is 4.74 Å². The van der Waals surface area contributed by atoms with Crippen LogP contribution in [0.5, 0.6) is 0 Å². The summed E-state index contributed by atoms with van der Waals surface area (Å²) in [5.74, 6) is 3.13. The van der Waals surface area contributed by atoms with Gasteiger partial charge >= 0.3 is 0 Å². The normalized spacial score (nSPS) is 44.2. The molecule has 2 aliphatic heterocycles. The molecule has 0 spiro atoms. The molecule has 26 heavy (non-hydrogen) atoms. The lowest BCUT2D eigenvalue weighted by Gasteiger charge is -2.59. The van der Waals surface area contributed by atoms with Crippen LogP contribution in [0.15, 0.2) is 42.0 Å². The minimum absolute atomic E-state index is 0.491. The molecule has 2 heteroatoms. The number of morpholine rings is 1. The van der Waals surface area contributed by atoms with E-state index in [9.17, 15) is 0 Å². The molecule has 2 unspecified atom stereocenters. The lowest BCUT2D eigenvalue weighted by Crippen LogP contribution is -2.56. The summed E-state index contributed by atoms with van der Waals surface area (Å²) in [5, 5.41) is 0. The maximum Gasteiger partial charge on any atom is 0.0658 e. The smallest absolute Gasteiger partial charge is 0.0658 e. The van der Waals surface area contributed by atoms with Gasteiger partial charge in [0, 0.05) is 12.6 Å². The van der Waals surface area contributed by atoms with Crippen LogP contribution in [0.4, 0.5) is 0 Å². The van der Waals surface area contributed by atoms with Crippen molar-refractivity contribution in [1.82, 2.24) is 4.90 Å². The van der Waals surface area contributed by atoms with Gasteiger partial charge in [0.05, 0.1) is 19.3 Å². The molecule has 0 N–H and O–H groups in total. The van der Waals surface area contributed by atoms with Crippen molar-refractivity contribution in [3.8, 4) is 0 Å². The third-order valence-electron chi connectivity index (χ3n) is 8.27. The highest BCUT2D eigenvalue weighted by Crippen LogP contribution is 2.63. The molecule has 6 bridgehead atoms. The summed E-state index contributed by atoms with van der Waals surface area (Å²) in [6.45, 7) is 2.89. The van der Waals surface area contributed by atoms with E-state index in [4.69, 9.17) is 4.74 Å². The van der Waals surface area contributed by atoms with Gasteiger partial charge < -0.3 is 4.74 Å². The van der Waals surface area contributed by atoms with Gasteiger partial charge in [-0.25, -0.2) is 0 Å². The van der Waals surface area contributed by atoms with Gasteiger partial charge in [0.2, 0.25) is 0 Å². The van der Waals surface area contributed by atoms with Crippen molar-refractivity contribution in [2.45, 2.75) is 63.6 Å². The second-order valence-electron chi connectivity index (χ2n) is 10.0. The van der Waals surface area contributed by atoms with E-state index in [0.29, 0.717) is 17.5 Å². The van der Waals surface area contributed by atoms with Crippen LogP contribution in [0.1, 0.15) is 50.5 Å². The Morgan fingerprint density at radius 1 is 0.923 bits per heavy atom. The van der Waals surface area contributed by atoms with Crippen molar-refractivity contribution in [3.05, 3.63) is 47.5 Å². The van der Waals surface area contributed by atoms with Crippen molar-refractivity contribution in [1.29, 1.82) is 0 Å². The van der Waals surface area contributed by atoms with Gasteiger partial charge in [-0.3, -0.25) is 4.90 Å². The van der Waals surface area contributed by atoms with Crippen LogP contribution in [-0.2, 0) is 11.3 Å². The third-order valence-corrected chi connectivity index (χ3v) is 8.27. The van der Waals surface area contributed by atoms with E-state index in [-0.39, 0.29) is 0 Å². The van der Waals surface area contributed by atoms with Crippen LogP contribution in [0.2, 0.25) is 0 Å². The van der Waals surface area contributed by atoms with E-state index in [1.54, 1.807) is 19.3 Å². The van der Waals surface area contributed by atoms with E-state index in [1.807, 2.05) is 5.57 Å². The maximum absolute atomic E-state index is 5.99. The molecule has 4 aliphatic carbocycles. The van der Waals surface area contributed by atoms with Crippen molar-refractivity contribution in [3.63, 3.8) is 0 Å². The summed E-state index contributed by atoms with van der Waals surface area (Å²) in [5.41, 5.74) is 3.87. The first-order valence-electron chi connectivity index (χ1n) is 10.9. The number of nitrogens with zero attached hydrogens (tertiary/aromatic N) is 1. The fraction of sp³-hybridized carbons (Fsp3) is 0.667. The van der Waals surface area contributed by atoms with Gasteiger partial charge in [0.25, 0.3) is 0 Å². The zero-order chi connectivity index (χ0) is 17.1. The van der Waals surface area contributed by atoms with Crippen LogP contribution in [0, 0.1) is 23.2 Å². The topological polar surface area (TPSA) is 12.5 Å². The Kier molecular flexibility index (Phi) is 3.63. The van der Waals surface area contributed by atoms with Gasteiger partial charge in [-0.2, -0.15) is 0 Å². The van der Waals surface area contributed by atoms with Crippen LogP contribution in [0.25, 0.3) is 0 Å². The highest BCUT2D eigenvalue weighted by molar-refractivity contribution is 5.28. The van der Waals surface area contributed by atoms with Gasteiger partial charge in [0.1, 0.15) is 0 Å². The quantitative estimate of drug-likeness (QED) is 0.727. The van der Waals surface area contributed by atoms with Crippen molar-refractivity contribution >= 4 is 0 Å². The summed E-state index contributed by atoms with van der Waals surface area (Å²) in [4.78, 5) is 2.73. The van der Waals surface area contributed by atoms with Gasteiger partial charge in [-0.05, 0) is 73.7 Å². The fourth-order valence-electron chi connectivity index (χ4n) is 7.60. The van der Waals surface area contributed by atoms with Gasteiger partial charge in [-0.15, -0.1) is 0 Å². The average molecular weight is 350 g/mol. The highest BCUT2D eigenvalue weighted by Gasteiger charge is 2.53. The first kappa shape index (κ1) is 15.9. The molecule has 7 rings (SSSR count). The molecule has 138 valence electrons. The van der Waals surface area contributed by atoms with Crippen LogP contribution < -0.4 is 0 Å². The van der Waals surface area contributed by atoms with E-state index in [0.717, 1.165) is 37.5 Å². The molecule has 6 aliphatic rings. The second-order valence-corrected chi connectivity index (χ2v) is 10.0. The number of benzene rings is 1. The zero-order valence-electron chi connectivity index (χ0n) is 15.8. The van der Waals surface area contributed by atoms with Gasteiger partial charge in [0.15, 0.2) is 0 Å². The molecular weight excluding hydrogens is 318 g/mol. The minimum Gasteiger partial charge on any atom is -0.378 e. The Morgan fingerprint density at radius 3 is 2.27 bits per heavy atom. The lowest BCUT2D eigenvalue weighted by atomic mass is 9.47. The SMILES string of the molecule is C1=C(C23CC4CC(CC(C4)C2)C3)CC2COCC1N2Cc1ccccc1. The maximum atomic E-state index is 5.99. The van der Waals surface area contributed by atoms with Crippen LogP contribution >= 0.6 is 0 Å². The summed E-state index contributed by atoms with van der Waals surface area (Å²) >= 11 is 0. The molecule has 2 atom stereocenters. The summed E-state index contributed by atoms with van der Waals surface area (Å²) in [6.07, 6.45) is 13.1.